The highest BCUT2D eigenvalue weighted by atomic mass is 16.6. The molecule has 350 valence electrons. The molecule has 3 amide bonds. The van der Waals surface area contributed by atoms with Crippen LogP contribution in [0.3, 0.4) is 0 Å². The number of amides is 3. The highest BCUT2D eigenvalue weighted by Crippen LogP contribution is 2.36. The summed E-state index contributed by atoms with van der Waals surface area (Å²) in [6.07, 6.45) is 24.2. The van der Waals surface area contributed by atoms with Gasteiger partial charge in [0.25, 0.3) is 5.91 Å². The minimum absolute atomic E-state index is 0.204. The van der Waals surface area contributed by atoms with Gasteiger partial charge < -0.3 is 24.3 Å². The zero-order valence-electron chi connectivity index (χ0n) is 38.4. The normalized spacial score (nSPS) is 13.7. The Bertz CT molecular complexity index is 1580. The topological polar surface area (TPSA) is 155 Å². The van der Waals surface area contributed by atoms with Crippen molar-refractivity contribution in [1.82, 2.24) is 10.2 Å². The summed E-state index contributed by atoms with van der Waals surface area (Å²) in [7, 11) is 0. The van der Waals surface area contributed by atoms with E-state index in [1.807, 2.05) is 0 Å². The Hall–Kier alpha value is -4.74. The van der Waals surface area contributed by atoms with E-state index in [1.165, 1.54) is 89.9 Å². The van der Waals surface area contributed by atoms with Gasteiger partial charge in [0.05, 0.1) is 12.8 Å². The zero-order valence-corrected chi connectivity index (χ0v) is 38.4. The lowest BCUT2D eigenvalue weighted by molar-refractivity contribution is -0.167. The Morgan fingerprint density at radius 1 is 0.492 bits per heavy atom. The number of carbonyl (C=O) groups is 6. The van der Waals surface area contributed by atoms with Crippen LogP contribution in [-0.2, 0) is 48.5 Å². The second-order valence-corrected chi connectivity index (χ2v) is 16.8. The predicted molar refractivity (Wildman–Crippen MR) is 243 cm³/mol. The van der Waals surface area contributed by atoms with Gasteiger partial charge in [0.2, 0.25) is 0 Å². The van der Waals surface area contributed by atoms with E-state index in [9.17, 15) is 28.8 Å². The van der Waals surface area contributed by atoms with E-state index >= 15 is 0 Å². The Kier molecular flexibility index (Phi) is 26.7. The van der Waals surface area contributed by atoms with Crippen LogP contribution >= 0.6 is 0 Å². The van der Waals surface area contributed by atoms with Gasteiger partial charge in [-0.2, -0.15) is 0 Å². The number of imide groups is 1. The number of carbonyl (C=O) groups excluding carboxylic acids is 6. The zero-order chi connectivity index (χ0) is 45.4. The first-order valence-electron chi connectivity index (χ1n) is 24.1. The molecule has 12 heteroatoms. The molecular formula is C51H76N2O10. The molecule has 0 aromatic heterocycles. The fraction of sp³-hybridized carbons (Fsp3) is 0.647. The third kappa shape index (κ3) is 20.5. The van der Waals surface area contributed by atoms with Crippen LogP contribution in [0.4, 0.5) is 4.79 Å². The van der Waals surface area contributed by atoms with Gasteiger partial charge >= 0.3 is 29.9 Å². The minimum atomic E-state index is -1.51. The van der Waals surface area contributed by atoms with E-state index in [4.69, 9.17) is 18.9 Å². The average molecular weight is 877 g/mol. The van der Waals surface area contributed by atoms with Gasteiger partial charge in [-0.05, 0) is 24.0 Å². The Morgan fingerprint density at radius 3 is 1.29 bits per heavy atom. The quantitative estimate of drug-likeness (QED) is 0.0303. The highest BCUT2D eigenvalue weighted by molar-refractivity contribution is 6.09. The van der Waals surface area contributed by atoms with Crippen LogP contribution in [0, 0.1) is 0 Å². The summed E-state index contributed by atoms with van der Waals surface area (Å²) in [6, 6.07) is 16.9. The average Bonchev–Trinajstić information content (AvgIpc) is 3.55. The molecule has 1 fully saturated rings. The smallest absolute Gasteiger partial charge is 0.328 e. The van der Waals surface area contributed by atoms with Gasteiger partial charge in [0.15, 0.2) is 18.4 Å². The molecule has 0 saturated carbocycles. The summed E-state index contributed by atoms with van der Waals surface area (Å²) < 4.78 is 21.7. The van der Waals surface area contributed by atoms with Crippen molar-refractivity contribution in [1.29, 1.82) is 0 Å². The Labute approximate surface area is 376 Å². The molecule has 0 radical (unpaired) electrons. The largest absolute Gasteiger partial charge is 0.462 e. The van der Waals surface area contributed by atoms with Gasteiger partial charge in [-0.3, -0.25) is 24.0 Å². The molecule has 12 nitrogen and oxygen atoms in total. The molecule has 1 heterocycles. The molecule has 1 aliphatic heterocycles. The summed E-state index contributed by atoms with van der Waals surface area (Å²) in [4.78, 5) is 78.6. The summed E-state index contributed by atoms with van der Waals surface area (Å²) in [5.74, 6) is -3.05. The number of esters is 4. The fourth-order valence-corrected chi connectivity index (χ4v) is 7.78. The number of hydrogen-bond donors (Lipinski definition) is 1. The number of urea groups is 1. The lowest BCUT2D eigenvalue weighted by Gasteiger charge is -2.27. The maximum Gasteiger partial charge on any atom is 0.328 e. The van der Waals surface area contributed by atoms with Crippen LogP contribution in [-0.4, -0.2) is 66.8 Å². The van der Waals surface area contributed by atoms with E-state index in [0.717, 1.165) is 43.4 Å². The summed E-state index contributed by atoms with van der Waals surface area (Å²) >= 11 is 0. The van der Waals surface area contributed by atoms with Crippen molar-refractivity contribution < 1.29 is 47.7 Å². The number of unbranched alkanes of at least 4 members (excludes halogenated alkanes) is 20. The van der Waals surface area contributed by atoms with Crippen molar-refractivity contribution in [3.8, 4) is 0 Å². The minimum Gasteiger partial charge on any atom is -0.462 e. The lowest BCUT2D eigenvalue weighted by atomic mass is 9.83. The van der Waals surface area contributed by atoms with Crippen LogP contribution < -0.4 is 5.32 Å². The maximum atomic E-state index is 13.8. The predicted octanol–water partition coefficient (Wildman–Crippen LogP) is 11.2. The van der Waals surface area contributed by atoms with Crippen molar-refractivity contribution in [2.75, 3.05) is 19.9 Å². The second-order valence-electron chi connectivity index (χ2n) is 16.8. The molecular weight excluding hydrogens is 801 g/mol. The van der Waals surface area contributed by atoms with E-state index in [-0.39, 0.29) is 38.9 Å². The summed E-state index contributed by atoms with van der Waals surface area (Å²) in [6.45, 7) is 3.19. The van der Waals surface area contributed by atoms with Crippen LogP contribution in [0.25, 0.3) is 0 Å². The number of nitrogens with zero attached hydrogens (tertiary/aromatic N) is 1. The van der Waals surface area contributed by atoms with E-state index in [0.29, 0.717) is 24.0 Å². The molecule has 3 rings (SSSR count). The van der Waals surface area contributed by atoms with Crippen molar-refractivity contribution in [2.45, 2.75) is 192 Å². The summed E-state index contributed by atoms with van der Waals surface area (Å²) in [5, 5.41) is 2.79. The van der Waals surface area contributed by atoms with Gasteiger partial charge in [-0.15, -0.1) is 0 Å². The molecule has 0 bridgehead atoms. The first-order chi connectivity index (χ1) is 30.7. The van der Waals surface area contributed by atoms with E-state index in [2.05, 4.69) is 19.2 Å². The first kappa shape index (κ1) is 52.6. The molecule has 0 spiro atoms. The number of hydrogen-bond acceptors (Lipinski definition) is 10. The molecule has 0 aliphatic carbocycles. The van der Waals surface area contributed by atoms with Crippen molar-refractivity contribution in [2.24, 2.45) is 0 Å². The number of benzene rings is 2. The standard InChI is InChI=1S/C51H76N2O10/c1-3-5-7-9-11-13-15-17-19-21-29-35-45(54)60-39-44(63-48(57)36-30-22-20-18-16-14-12-10-8-6-4-2)40-61-46(55)37-38-47(56)62-41-53-49(58)51(52-50(53)59,42-31-25-23-26-32-42)43-33-27-24-28-34-43/h23-28,31-34,44H,3-22,29-30,35-41H2,1-2H3,(H,52,59). The highest BCUT2D eigenvalue weighted by Gasteiger charge is 2.54. The van der Waals surface area contributed by atoms with Gasteiger partial charge in [-0.25, -0.2) is 9.69 Å². The van der Waals surface area contributed by atoms with Gasteiger partial charge in [0, 0.05) is 12.8 Å². The number of rotatable bonds is 36. The number of nitrogens with one attached hydrogen (secondary N) is 1. The molecule has 1 saturated heterocycles. The third-order valence-electron chi connectivity index (χ3n) is 11.5. The SMILES string of the molecule is CCCCCCCCCCCCCC(=O)OCC(COC(=O)CCC(=O)OCN1C(=O)NC(c2ccccc2)(c2ccccc2)C1=O)OC(=O)CCCCCCCCCCCCC. The first-order valence-corrected chi connectivity index (χ1v) is 24.1. The Morgan fingerprint density at radius 2 is 0.857 bits per heavy atom. The molecule has 1 N–H and O–H groups in total. The molecule has 63 heavy (non-hydrogen) atoms. The van der Waals surface area contributed by atoms with Crippen LogP contribution in [0.2, 0.25) is 0 Å². The molecule has 2 aromatic carbocycles. The van der Waals surface area contributed by atoms with Crippen LogP contribution in [0.5, 0.6) is 0 Å². The maximum absolute atomic E-state index is 13.8. The van der Waals surface area contributed by atoms with Crippen LogP contribution in [0.15, 0.2) is 60.7 Å². The molecule has 1 aliphatic rings. The van der Waals surface area contributed by atoms with Crippen molar-refractivity contribution in [3.63, 3.8) is 0 Å². The second kappa shape index (κ2) is 32.0. The van der Waals surface area contributed by atoms with E-state index in [1.54, 1.807) is 60.7 Å². The Balaban J connectivity index is 1.42. The van der Waals surface area contributed by atoms with E-state index < -0.39 is 54.2 Å². The summed E-state index contributed by atoms with van der Waals surface area (Å²) in [5.41, 5.74) is -0.421. The van der Waals surface area contributed by atoms with Gasteiger partial charge in [-0.1, -0.05) is 203 Å². The fourth-order valence-electron chi connectivity index (χ4n) is 7.78. The van der Waals surface area contributed by atoms with Crippen LogP contribution in [0.1, 0.15) is 192 Å². The van der Waals surface area contributed by atoms with Crippen molar-refractivity contribution in [3.05, 3.63) is 71.8 Å². The monoisotopic (exact) mass is 877 g/mol. The molecule has 1 unspecified atom stereocenters. The molecule has 1 atom stereocenters. The van der Waals surface area contributed by atoms with Gasteiger partial charge in [0.1, 0.15) is 13.2 Å². The number of ether oxygens (including phenoxy) is 4. The van der Waals surface area contributed by atoms with Crippen molar-refractivity contribution >= 4 is 35.8 Å². The third-order valence-corrected chi connectivity index (χ3v) is 11.5. The molecule has 2 aromatic rings. The lowest BCUT2D eigenvalue weighted by Crippen LogP contribution is -2.45.